The van der Waals surface area contributed by atoms with Gasteiger partial charge >= 0.3 is 0 Å². The molecule has 0 radical (unpaired) electrons. The minimum absolute atomic E-state index is 0.0236. The van der Waals surface area contributed by atoms with E-state index in [-0.39, 0.29) is 49.1 Å². The number of hydrogen-bond acceptors (Lipinski definition) is 12. The van der Waals surface area contributed by atoms with Crippen LogP contribution in [-0.4, -0.2) is 90.7 Å². The van der Waals surface area contributed by atoms with Crippen molar-refractivity contribution < 1.29 is 28.2 Å². The summed E-state index contributed by atoms with van der Waals surface area (Å²) >= 11 is 0. The van der Waals surface area contributed by atoms with Crippen LogP contribution in [0.2, 0.25) is 0 Å². The second kappa shape index (κ2) is 15.5. The number of carbonyl (C=O) groups is 1. The van der Waals surface area contributed by atoms with Gasteiger partial charge in [-0.05, 0) is 84.8 Å². The van der Waals surface area contributed by atoms with Crippen LogP contribution < -0.4 is 15.4 Å². The van der Waals surface area contributed by atoms with Crippen LogP contribution in [0.25, 0.3) is 16.6 Å². The van der Waals surface area contributed by atoms with Gasteiger partial charge in [0.15, 0.2) is 0 Å². The lowest BCUT2D eigenvalue weighted by Gasteiger charge is -2.23. The number of aryl methyl sites for hydroxylation is 3. The van der Waals surface area contributed by atoms with Crippen molar-refractivity contribution in [2.24, 2.45) is 0 Å². The van der Waals surface area contributed by atoms with E-state index < -0.39 is 22.0 Å². The Labute approximate surface area is 301 Å². The summed E-state index contributed by atoms with van der Waals surface area (Å²) in [6.45, 7) is 8.02. The van der Waals surface area contributed by atoms with Crippen molar-refractivity contribution >= 4 is 44.2 Å². The number of fused-ring (bicyclic) bond motifs is 2. The average Bonchev–Trinajstić information content (AvgIpc) is 3.54. The molecule has 1 atom stereocenters. The number of ether oxygens (including phenoxy) is 1. The lowest BCUT2D eigenvalue weighted by molar-refractivity contribution is -0.111. The van der Waals surface area contributed by atoms with Crippen LogP contribution in [0.3, 0.4) is 0 Å². The number of pyridine rings is 1. The average molecular weight is 728 g/mol. The highest BCUT2D eigenvalue weighted by molar-refractivity contribution is 7.89. The Hall–Kier alpha value is -5.29. The number of benzene rings is 2. The van der Waals surface area contributed by atoms with Gasteiger partial charge in [-0.1, -0.05) is 30.3 Å². The first-order valence-electron chi connectivity index (χ1n) is 16.9. The molecule has 16 heteroatoms. The summed E-state index contributed by atoms with van der Waals surface area (Å²) in [5.74, 6) is -0.175. The van der Waals surface area contributed by atoms with Crippen LogP contribution in [0.1, 0.15) is 48.1 Å². The fraction of sp³-hybridized carbons (Fsp3) is 0.333. The molecule has 4 N–H and O–H groups in total. The van der Waals surface area contributed by atoms with Crippen molar-refractivity contribution in [2.75, 3.05) is 30.4 Å². The van der Waals surface area contributed by atoms with E-state index in [9.17, 15) is 23.4 Å². The van der Waals surface area contributed by atoms with E-state index in [4.69, 9.17) is 4.74 Å². The highest BCUT2D eigenvalue weighted by Gasteiger charge is 2.35. The van der Waals surface area contributed by atoms with E-state index in [2.05, 4.69) is 35.9 Å². The van der Waals surface area contributed by atoms with Crippen LogP contribution in [-0.2, 0) is 27.9 Å². The van der Waals surface area contributed by atoms with Crippen molar-refractivity contribution in [3.05, 3.63) is 94.9 Å². The molecule has 0 aliphatic carbocycles. The fourth-order valence-corrected chi connectivity index (χ4v) is 7.52. The zero-order valence-corrected chi connectivity index (χ0v) is 30.1. The highest BCUT2D eigenvalue weighted by Crippen LogP contribution is 2.34. The van der Waals surface area contributed by atoms with E-state index in [1.54, 1.807) is 10.7 Å². The summed E-state index contributed by atoms with van der Waals surface area (Å²) in [6, 6.07) is 12.0. The number of aliphatic hydroxyl groups is 2. The molecule has 0 saturated carbocycles. The number of amides is 1. The summed E-state index contributed by atoms with van der Waals surface area (Å²) in [5.41, 5.74) is 6.36. The largest absolute Gasteiger partial charge is 0.472 e. The smallest absolute Gasteiger partial charge is 0.249 e. The third kappa shape index (κ3) is 7.50. The molecule has 4 heterocycles. The zero-order valence-electron chi connectivity index (χ0n) is 29.3. The lowest BCUT2D eigenvalue weighted by atomic mass is 9.91. The number of sulfonamides is 1. The van der Waals surface area contributed by atoms with Gasteiger partial charge in [-0.15, -0.1) is 5.10 Å². The predicted molar refractivity (Wildman–Crippen MR) is 195 cm³/mol. The molecule has 5 aromatic rings. The second-order valence-corrected chi connectivity index (χ2v) is 14.4. The first-order valence-corrected chi connectivity index (χ1v) is 18.4. The van der Waals surface area contributed by atoms with Crippen molar-refractivity contribution in [3.8, 4) is 5.88 Å². The van der Waals surface area contributed by atoms with Crippen molar-refractivity contribution in [2.45, 2.75) is 64.2 Å². The summed E-state index contributed by atoms with van der Waals surface area (Å²) in [7, 11) is -3.95. The molecule has 6 rings (SSSR count). The Morgan fingerprint density at radius 1 is 1.08 bits per heavy atom. The van der Waals surface area contributed by atoms with Crippen molar-refractivity contribution in [1.29, 1.82) is 0 Å². The van der Waals surface area contributed by atoms with Crippen LogP contribution in [0, 0.1) is 13.8 Å². The number of hydrogen-bond donors (Lipinski definition) is 4. The number of rotatable bonds is 12. The van der Waals surface area contributed by atoms with Gasteiger partial charge in [-0.3, -0.25) is 4.79 Å². The Bertz CT molecular complexity index is 2220. The molecule has 0 saturated heterocycles. The standard InChI is InChI=1S/C36H41N9O6S/c1-5-28-19-44(52(49,50)32-8-7-13-37-35(32)51-28)18-25-14-24(10-9-22(25)3)30(29-11-12-31-34(23(29)4)42-43-45(31)6-2)15-33(48)40-26-16-38-36(39-17-26)41-27(20-46)21-47/h7-17,27-28,46-47H,5-6,18-21H2,1-4H3,(H,40,48)(H,38,39,41)/t28-/m1/s1. The van der Waals surface area contributed by atoms with Gasteiger partial charge in [-0.2, -0.15) is 4.31 Å². The van der Waals surface area contributed by atoms with E-state index in [1.807, 2.05) is 58.0 Å². The maximum atomic E-state index is 14.0. The monoisotopic (exact) mass is 727 g/mol. The molecular weight excluding hydrogens is 687 g/mol. The van der Waals surface area contributed by atoms with E-state index in [1.165, 1.54) is 35.0 Å². The molecule has 0 bridgehead atoms. The van der Waals surface area contributed by atoms with Crippen LogP contribution in [0.15, 0.2) is 72.0 Å². The molecule has 1 aliphatic rings. The minimum Gasteiger partial charge on any atom is -0.472 e. The summed E-state index contributed by atoms with van der Waals surface area (Å²) in [6.07, 6.45) is 6.03. The summed E-state index contributed by atoms with van der Waals surface area (Å²) < 4.78 is 37.1. The number of nitrogens with zero attached hydrogens (tertiary/aromatic N) is 7. The Balaban J connectivity index is 1.38. The molecule has 0 spiro atoms. The predicted octanol–water partition coefficient (Wildman–Crippen LogP) is 3.45. The molecule has 0 fully saturated rings. The van der Waals surface area contributed by atoms with Crippen molar-refractivity contribution in [1.82, 2.24) is 34.3 Å². The van der Waals surface area contributed by atoms with Gasteiger partial charge in [0.05, 0.1) is 49.4 Å². The maximum absolute atomic E-state index is 14.0. The van der Waals surface area contributed by atoms with Crippen molar-refractivity contribution in [3.63, 3.8) is 0 Å². The molecule has 1 aliphatic heterocycles. The number of anilines is 2. The third-order valence-electron chi connectivity index (χ3n) is 9.00. The quantitative estimate of drug-likeness (QED) is 0.137. The van der Waals surface area contributed by atoms with Gasteiger partial charge in [0.1, 0.15) is 16.5 Å². The Morgan fingerprint density at radius 2 is 1.85 bits per heavy atom. The molecular formula is C36H41N9O6S. The fourth-order valence-electron chi connectivity index (χ4n) is 6.00. The topological polar surface area (TPSA) is 198 Å². The number of nitrogens with one attached hydrogen (secondary N) is 2. The molecule has 1 amide bonds. The van der Waals surface area contributed by atoms with E-state index >= 15 is 0 Å². The van der Waals surface area contributed by atoms with Crippen LogP contribution in [0.4, 0.5) is 11.6 Å². The zero-order chi connectivity index (χ0) is 37.0. The molecule has 272 valence electrons. The highest BCUT2D eigenvalue weighted by atomic mass is 32.2. The first-order chi connectivity index (χ1) is 25.1. The van der Waals surface area contributed by atoms with Gasteiger partial charge < -0.3 is 25.6 Å². The summed E-state index contributed by atoms with van der Waals surface area (Å²) in [4.78, 5) is 26.3. The van der Waals surface area contributed by atoms with Gasteiger partial charge in [0.25, 0.3) is 0 Å². The molecule has 0 unspecified atom stereocenters. The van der Waals surface area contributed by atoms with Gasteiger partial charge in [-0.25, -0.2) is 28.1 Å². The van der Waals surface area contributed by atoms with Gasteiger partial charge in [0.2, 0.25) is 27.8 Å². The Kier molecular flexibility index (Phi) is 10.9. The minimum atomic E-state index is -3.95. The number of aliphatic hydroxyl groups excluding tert-OH is 2. The molecule has 2 aromatic carbocycles. The summed E-state index contributed by atoms with van der Waals surface area (Å²) in [5, 5.41) is 33.0. The van der Waals surface area contributed by atoms with Crippen LogP contribution >= 0.6 is 0 Å². The normalized spacial score (nSPS) is 16.0. The third-order valence-corrected chi connectivity index (χ3v) is 10.8. The lowest BCUT2D eigenvalue weighted by Crippen LogP contribution is -2.36. The first kappa shape index (κ1) is 36.5. The molecule has 3 aromatic heterocycles. The van der Waals surface area contributed by atoms with Crippen LogP contribution in [0.5, 0.6) is 5.88 Å². The second-order valence-electron chi connectivity index (χ2n) is 12.5. The Morgan fingerprint density at radius 3 is 2.56 bits per heavy atom. The van der Waals surface area contributed by atoms with E-state index in [0.29, 0.717) is 35.3 Å². The number of aromatic nitrogens is 6. The van der Waals surface area contributed by atoms with Gasteiger partial charge in [0, 0.05) is 25.4 Å². The SMILES string of the molecule is CC[C@@H]1CN(Cc2cc(C(=CC(=O)Nc3cnc(NC(CO)CO)nc3)c3ccc4c(nnn4CC)c3C)ccc2C)S(=O)(=O)c2cccnc2O1. The maximum Gasteiger partial charge on any atom is 0.249 e. The van der Waals surface area contributed by atoms with E-state index in [0.717, 1.165) is 27.8 Å². The molecule has 52 heavy (non-hydrogen) atoms. The molecule has 15 nitrogen and oxygen atoms in total. The number of carbonyl (C=O) groups excluding carboxylic acids is 1.